The third-order valence-electron chi connectivity index (χ3n) is 2.57. The highest BCUT2D eigenvalue weighted by Gasteiger charge is 2.39. The minimum absolute atomic E-state index is 0.115. The number of carboxylic acid groups (broad SMARTS) is 1. The van der Waals surface area contributed by atoms with Gasteiger partial charge >= 0.3 is 5.97 Å². The quantitative estimate of drug-likeness (QED) is 0.677. The molecule has 1 rings (SSSR count). The maximum absolute atomic E-state index is 12.0. The van der Waals surface area contributed by atoms with Crippen LogP contribution >= 0.6 is 0 Å². The van der Waals surface area contributed by atoms with E-state index in [0.717, 1.165) is 4.31 Å². The zero-order valence-electron chi connectivity index (χ0n) is 9.71. The van der Waals surface area contributed by atoms with Gasteiger partial charge in [0.05, 0.1) is 11.7 Å². The van der Waals surface area contributed by atoms with E-state index in [1.54, 1.807) is 0 Å². The molecule has 1 saturated heterocycles. The molecule has 0 spiro atoms. The molecule has 1 aliphatic rings. The molecule has 1 unspecified atom stereocenters. The van der Waals surface area contributed by atoms with Crippen molar-refractivity contribution < 1.29 is 23.1 Å². The van der Waals surface area contributed by atoms with Gasteiger partial charge in [0.1, 0.15) is 6.04 Å². The Bertz CT molecular complexity index is 417. The molecule has 0 aromatic heterocycles. The van der Waals surface area contributed by atoms with Crippen molar-refractivity contribution in [1.29, 1.82) is 0 Å². The van der Waals surface area contributed by atoms with Gasteiger partial charge in [-0.15, -0.1) is 0 Å². The fraction of sp³-hybridized carbons (Fsp3) is 0.778. The second-order valence-corrected chi connectivity index (χ2v) is 6.55. The van der Waals surface area contributed by atoms with Crippen LogP contribution in [0.5, 0.6) is 0 Å². The van der Waals surface area contributed by atoms with Gasteiger partial charge in [-0.05, 0) is 13.8 Å². The van der Waals surface area contributed by atoms with E-state index in [0.29, 0.717) is 0 Å². The summed E-state index contributed by atoms with van der Waals surface area (Å²) in [5.41, 5.74) is 0. The van der Waals surface area contributed by atoms with Crippen LogP contribution in [0.1, 0.15) is 20.3 Å². The standard InChI is InChI=1S/C9H16N2O5S/c1-6(2)17(15,16)11-4-3-10-9(14)7(11)5-8(12)13/h6-7H,3-5H2,1-2H3,(H,10,14)(H,12,13). The highest BCUT2D eigenvalue weighted by molar-refractivity contribution is 7.89. The van der Waals surface area contributed by atoms with Crippen molar-refractivity contribution in [2.75, 3.05) is 13.1 Å². The van der Waals surface area contributed by atoms with Crippen molar-refractivity contribution in [2.24, 2.45) is 0 Å². The highest BCUT2D eigenvalue weighted by atomic mass is 32.2. The van der Waals surface area contributed by atoms with Crippen LogP contribution in [0.15, 0.2) is 0 Å². The first-order chi connectivity index (χ1) is 7.76. The number of amides is 1. The van der Waals surface area contributed by atoms with Crippen LogP contribution in [0, 0.1) is 0 Å². The summed E-state index contributed by atoms with van der Waals surface area (Å²) in [4.78, 5) is 22.2. The van der Waals surface area contributed by atoms with Crippen LogP contribution in [0.3, 0.4) is 0 Å². The van der Waals surface area contributed by atoms with Gasteiger partial charge in [0.2, 0.25) is 15.9 Å². The zero-order valence-corrected chi connectivity index (χ0v) is 10.5. The Kier molecular flexibility index (Phi) is 4.10. The van der Waals surface area contributed by atoms with Crippen molar-refractivity contribution in [1.82, 2.24) is 9.62 Å². The summed E-state index contributed by atoms with van der Waals surface area (Å²) in [7, 11) is -3.62. The Hall–Kier alpha value is -1.15. The third-order valence-corrected chi connectivity index (χ3v) is 4.85. The third kappa shape index (κ3) is 2.95. The maximum Gasteiger partial charge on any atom is 0.305 e. The van der Waals surface area contributed by atoms with Gasteiger partial charge in [0.25, 0.3) is 0 Å². The smallest absolute Gasteiger partial charge is 0.305 e. The van der Waals surface area contributed by atoms with Crippen molar-refractivity contribution in [3.8, 4) is 0 Å². The van der Waals surface area contributed by atoms with Crippen LogP contribution in [-0.4, -0.2) is 54.1 Å². The molecule has 8 heteroatoms. The minimum atomic E-state index is -3.62. The van der Waals surface area contributed by atoms with Gasteiger partial charge in [-0.2, -0.15) is 4.31 Å². The van der Waals surface area contributed by atoms with Crippen LogP contribution in [-0.2, 0) is 19.6 Å². The van der Waals surface area contributed by atoms with Crippen LogP contribution in [0.2, 0.25) is 0 Å². The van der Waals surface area contributed by atoms with Gasteiger partial charge in [-0.3, -0.25) is 9.59 Å². The molecule has 2 N–H and O–H groups in total. The molecule has 1 amide bonds. The molecule has 0 saturated carbocycles. The number of hydrogen-bond donors (Lipinski definition) is 2. The Morgan fingerprint density at radius 1 is 1.59 bits per heavy atom. The largest absolute Gasteiger partial charge is 0.481 e. The first-order valence-electron chi connectivity index (χ1n) is 5.27. The van der Waals surface area contributed by atoms with Crippen LogP contribution < -0.4 is 5.32 Å². The van der Waals surface area contributed by atoms with E-state index in [4.69, 9.17) is 5.11 Å². The summed E-state index contributed by atoms with van der Waals surface area (Å²) < 4.78 is 24.9. The molecule has 1 atom stereocenters. The lowest BCUT2D eigenvalue weighted by Gasteiger charge is -2.34. The van der Waals surface area contributed by atoms with Crippen molar-refractivity contribution >= 4 is 21.9 Å². The zero-order chi connectivity index (χ0) is 13.2. The fourth-order valence-electron chi connectivity index (χ4n) is 1.63. The van der Waals surface area contributed by atoms with Crippen molar-refractivity contribution in [2.45, 2.75) is 31.6 Å². The predicted octanol–water partition coefficient (Wildman–Crippen LogP) is -1.00. The van der Waals surface area contributed by atoms with Gasteiger partial charge in [0.15, 0.2) is 0 Å². The van der Waals surface area contributed by atoms with E-state index in [2.05, 4.69) is 5.32 Å². The summed E-state index contributed by atoms with van der Waals surface area (Å²) in [5.74, 6) is -1.75. The molecule has 98 valence electrons. The Labute approximate surface area is 99.8 Å². The molecule has 0 bridgehead atoms. The second kappa shape index (κ2) is 5.01. The van der Waals surface area contributed by atoms with E-state index in [1.165, 1.54) is 13.8 Å². The van der Waals surface area contributed by atoms with Crippen LogP contribution in [0.25, 0.3) is 0 Å². The number of aliphatic carboxylic acids is 1. The predicted molar refractivity (Wildman–Crippen MR) is 59.8 cm³/mol. The maximum atomic E-state index is 12.0. The van der Waals surface area contributed by atoms with Gasteiger partial charge in [-0.25, -0.2) is 8.42 Å². The molecule has 0 radical (unpaired) electrons. The number of carboxylic acids is 1. The average Bonchev–Trinajstić information content (AvgIpc) is 2.19. The fourth-order valence-corrected chi connectivity index (χ4v) is 3.04. The van der Waals surface area contributed by atoms with E-state index in [9.17, 15) is 18.0 Å². The summed E-state index contributed by atoms with van der Waals surface area (Å²) in [6, 6.07) is -1.14. The summed E-state index contributed by atoms with van der Waals surface area (Å²) >= 11 is 0. The van der Waals surface area contributed by atoms with Crippen molar-refractivity contribution in [3.63, 3.8) is 0 Å². The number of hydrogen-bond acceptors (Lipinski definition) is 4. The molecule has 0 aromatic rings. The number of nitrogens with one attached hydrogen (secondary N) is 1. The molecular formula is C9H16N2O5S. The number of nitrogens with zero attached hydrogens (tertiary/aromatic N) is 1. The summed E-state index contributed by atoms with van der Waals surface area (Å²) in [6.07, 6.45) is -0.516. The molecular weight excluding hydrogens is 248 g/mol. The number of carbonyl (C=O) groups excluding carboxylic acids is 1. The average molecular weight is 264 g/mol. The van der Waals surface area contributed by atoms with Crippen LogP contribution in [0.4, 0.5) is 0 Å². The number of piperazine rings is 1. The molecule has 1 heterocycles. The molecule has 0 aliphatic carbocycles. The molecule has 0 aromatic carbocycles. The second-order valence-electron chi connectivity index (χ2n) is 4.11. The number of rotatable bonds is 4. The van der Waals surface area contributed by atoms with E-state index < -0.39 is 39.6 Å². The molecule has 17 heavy (non-hydrogen) atoms. The monoisotopic (exact) mass is 264 g/mol. The van der Waals surface area contributed by atoms with E-state index in [-0.39, 0.29) is 13.1 Å². The minimum Gasteiger partial charge on any atom is -0.481 e. The lowest BCUT2D eigenvalue weighted by molar-refractivity contribution is -0.141. The van der Waals surface area contributed by atoms with Gasteiger partial charge < -0.3 is 10.4 Å². The first kappa shape index (κ1) is 13.9. The SMILES string of the molecule is CC(C)S(=O)(=O)N1CCNC(=O)C1CC(=O)O. The Balaban J connectivity index is 3.02. The van der Waals surface area contributed by atoms with Crippen molar-refractivity contribution in [3.05, 3.63) is 0 Å². The van der Waals surface area contributed by atoms with Gasteiger partial charge in [0, 0.05) is 13.1 Å². The summed E-state index contributed by atoms with van der Waals surface area (Å²) in [6.45, 7) is 3.32. The lowest BCUT2D eigenvalue weighted by atomic mass is 10.1. The molecule has 1 aliphatic heterocycles. The molecule has 1 fully saturated rings. The lowest BCUT2D eigenvalue weighted by Crippen LogP contribution is -2.58. The number of carbonyl (C=O) groups is 2. The topological polar surface area (TPSA) is 104 Å². The van der Waals surface area contributed by atoms with Gasteiger partial charge in [-0.1, -0.05) is 0 Å². The van der Waals surface area contributed by atoms with E-state index in [1.807, 2.05) is 0 Å². The molecule has 7 nitrogen and oxygen atoms in total. The Morgan fingerprint density at radius 2 is 2.18 bits per heavy atom. The Morgan fingerprint density at radius 3 is 2.65 bits per heavy atom. The normalized spacial score (nSPS) is 22.5. The summed E-state index contributed by atoms with van der Waals surface area (Å²) in [5, 5.41) is 10.5. The van der Waals surface area contributed by atoms with E-state index >= 15 is 0 Å². The highest BCUT2D eigenvalue weighted by Crippen LogP contribution is 2.17. The number of sulfonamides is 1. The first-order valence-corrected chi connectivity index (χ1v) is 6.77.